The summed E-state index contributed by atoms with van der Waals surface area (Å²) in [5, 5.41) is 0. The highest BCUT2D eigenvalue weighted by Crippen LogP contribution is 2.30. The second kappa shape index (κ2) is 7.38. The lowest BCUT2D eigenvalue weighted by Crippen LogP contribution is -1.89. The van der Waals surface area contributed by atoms with Crippen LogP contribution in [-0.2, 0) is 0 Å². The Morgan fingerprint density at radius 2 is 1.68 bits per heavy atom. The highest BCUT2D eigenvalue weighted by Gasteiger charge is 2.02. The maximum atomic E-state index is 5.22. The lowest BCUT2D eigenvalue weighted by molar-refractivity contribution is 0.355. The number of pyridine rings is 1. The van der Waals surface area contributed by atoms with Gasteiger partial charge >= 0.3 is 0 Å². The largest absolute Gasteiger partial charge is 0.493 e. The standard InChI is InChI=1S/C14H14N2O2.ClH/c1-17-13-4-3-12(9-14(13)18-2)16-10-11-5-7-15-8-6-11;/h3-10H,1-2H3;1H. The van der Waals surface area contributed by atoms with Crippen molar-refractivity contribution >= 4 is 24.3 Å². The number of aromatic nitrogens is 1. The Kier molecular flexibility index (Phi) is 5.82. The molecule has 0 fully saturated rings. The van der Waals surface area contributed by atoms with Gasteiger partial charge in [0.1, 0.15) is 0 Å². The van der Waals surface area contributed by atoms with Crippen LogP contribution in [0.3, 0.4) is 0 Å². The predicted molar refractivity (Wildman–Crippen MR) is 78.3 cm³/mol. The van der Waals surface area contributed by atoms with Gasteiger partial charge in [0.25, 0.3) is 0 Å². The third-order valence-electron chi connectivity index (χ3n) is 2.44. The third-order valence-corrected chi connectivity index (χ3v) is 2.44. The van der Waals surface area contributed by atoms with E-state index in [0.717, 1.165) is 11.3 Å². The van der Waals surface area contributed by atoms with E-state index in [2.05, 4.69) is 9.98 Å². The van der Waals surface area contributed by atoms with Crippen LogP contribution >= 0.6 is 12.4 Å². The quantitative estimate of drug-likeness (QED) is 0.806. The van der Waals surface area contributed by atoms with Crippen molar-refractivity contribution in [3.05, 3.63) is 48.3 Å². The summed E-state index contributed by atoms with van der Waals surface area (Å²) in [5.41, 5.74) is 1.81. The van der Waals surface area contributed by atoms with Crippen LogP contribution in [0.25, 0.3) is 0 Å². The molecule has 0 aliphatic rings. The zero-order valence-corrected chi connectivity index (χ0v) is 11.6. The molecule has 0 radical (unpaired) electrons. The second-order valence-corrected chi connectivity index (χ2v) is 3.58. The highest BCUT2D eigenvalue weighted by molar-refractivity contribution is 5.85. The lowest BCUT2D eigenvalue weighted by Gasteiger charge is -2.07. The highest BCUT2D eigenvalue weighted by atomic mass is 35.5. The molecule has 4 nitrogen and oxygen atoms in total. The Morgan fingerprint density at radius 1 is 1.00 bits per heavy atom. The van der Waals surface area contributed by atoms with E-state index >= 15 is 0 Å². The molecule has 0 aliphatic heterocycles. The number of hydrogen-bond donors (Lipinski definition) is 0. The van der Waals surface area contributed by atoms with Crippen LogP contribution in [0, 0.1) is 0 Å². The van der Waals surface area contributed by atoms with Gasteiger partial charge in [-0.3, -0.25) is 9.98 Å². The van der Waals surface area contributed by atoms with Crippen molar-refractivity contribution in [2.24, 2.45) is 4.99 Å². The fourth-order valence-corrected chi connectivity index (χ4v) is 1.50. The van der Waals surface area contributed by atoms with Gasteiger partial charge in [-0.15, -0.1) is 12.4 Å². The van der Waals surface area contributed by atoms with E-state index < -0.39 is 0 Å². The van der Waals surface area contributed by atoms with E-state index in [1.165, 1.54) is 0 Å². The summed E-state index contributed by atoms with van der Waals surface area (Å²) in [7, 11) is 3.21. The molecule has 100 valence electrons. The molecular weight excluding hydrogens is 264 g/mol. The summed E-state index contributed by atoms with van der Waals surface area (Å²) < 4.78 is 10.4. The Bertz CT molecular complexity index is 544. The number of aliphatic imine (C=N–C) groups is 1. The molecule has 0 spiro atoms. The minimum Gasteiger partial charge on any atom is -0.493 e. The maximum absolute atomic E-state index is 5.22. The molecule has 0 saturated carbocycles. The number of nitrogens with zero attached hydrogens (tertiary/aromatic N) is 2. The van der Waals surface area contributed by atoms with E-state index in [1.807, 2.05) is 30.3 Å². The van der Waals surface area contributed by atoms with Gasteiger partial charge in [0.05, 0.1) is 19.9 Å². The SMILES string of the molecule is COc1ccc(N=Cc2ccncc2)cc1OC.Cl. The van der Waals surface area contributed by atoms with Crippen LogP contribution in [0.15, 0.2) is 47.7 Å². The Labute approximate surface area is 118 Å². The monoisotopic (exact) mass is 278 g/mol. The van der Waals surface area contributed by atoms with Crippen LogP contribution < -0.4 is 9.47 Å². The average Bonchev–Trinajstić information content (AvgIpc) is 2.45. The summed E-state index contributed by atoms with van der Waals surface area (Å²) in [6, 6.07) is 9.32. The molecule has 0 amide bonds. The fraction of sp³-hybridized carbons (Fsp3) is 0.143. The van der Waals surface area contributed by atoms with Crippen LogP contribution in [0.5, 0.6) is 11.5 Å². The minimum atomic E-state index is 0. The predicted octanol–water partition coefficient (Wildman–Crippen LogP) is 3.27. The van der Waals surface area contributed by atoms with E-state index in [9.17, 15) is 0 Å². The molecule has 2 rings (SSSR count). The Hall–Kier alpha value is -2.07. The van der Waals surface area contributed by atoms with Crippen molar-refractivity contribution in [2.45, 2.75) is 0 Å². The summed E-state index contributed by atoms with van der Waals surface area (Å²) in [4.78, 5) is 8.32. The molecule has 2 aromatic rings. The maximum Gasteiger partial charge on any atom is 0.162 e. The van der Waals surface area contributed by atoms with Gasteiger partial charge in [0.2, 0.25) is 0 Å². The zero-order chi connectivity index (χ0) is 12.8. The Morgan fingerprint density at radius 3 is 2.32 bits per heavy atom. The summed E-state index contributed by atoms with van der Waals surface area (Å²) in [5.74, 6) is 1.36. The summed E-state index contributed by atoms with van der Waals surface area (Å²) >= 11 is 0. The van der Waals surface area contributed by atoms with Crippen molar-refractivity contribution < 1.29 is 9.47 Å². The summed E-state index contributed by atoms with van der Waals surface area (Å²) in [6.07, 6.45) is 5.24. The molecular formula is C14H15ClN2O2. The number of rotatable bonds is 4. The molecule has 1 aromatic heterocycles. The third kappa shape index (κ3) is 3.96. The van der Waals surface area contributed by atoms with Gasteiger partial charge in [-0.2, -0.15) is 0 Å². The molecule has 0 unspecified atom stereocenters. The van der Waals surface area contributed by atoms with E-state index in [4.69, 9.17) is 9.47 Å². The van der Waals surface area contributed by atoms with Crippen LogP contribution in [0.2, 0.25) is 0 Å². The number of methoxy groups -OCH3 is 2. The molecule has 1 heterocycles. The van der Waals surface area contributed by atoms with E-state index in [1.54, 1.807) is 32.8 Å². The first-order valence-electron chi connectivity index (χ1n) is 5.49. The van der Waals surface area contributed by atoms with Gasteiger partial charge in [0.15, 0.2) is 11.5 Å². The molecule has 0 N–H and O–H groups in total. The van der Waals surface area contributed by atoms with Crippen LogP contribution in [0.4, 0.5) is 5.69 Å². The first-order valence-corrected chi connectivity index (χ1v) is 5.49. The molecule has 5 heteroatoms. The summed E-state index contributed by atoms with van der Waals surface area (Å²) in [6.45, 7) is 0. The number of hydrogen-bond acceptors (Lipinski definition) is 4. The molecule has 0 bridgehead atoms. The lowest BCUT2D eigenvalue weighted by atomic mass is 10.2. The average molecular weight is 279 g/mol. The molecule has 0 aliphatic carbocycles. The van der Waals surface area contributed by atoms with Crippen molar-refractivity contribution in [1.29, 1.82) is 0 Å². The first kappa shape index (κ1) is 15.0. The molecule has 19 heavy (non-hydrogen) atoms. The molecule has 0 atom stereocenters. The minimum absolute atomic E-state index is 0. The number of halogens is 1. The Balaban J connectivity index is 0.00000180. The normalized spacial score (nSPS) is 10.0. The van der Waals surface area contributed by atoms with Crippen molar-refractivity contribution in [3.63, 3.8) is 0 Å². The van der Waals surface area contributed by atoms with Crippen molar-refractivity contribution in [1.82, 2.24) is 4.98 Å². The van der Waals surface area contributed by atoms with Gasteiger partial charge in [-0.1, -0.05) is 0 Å². The number of benzene rings is 1. The van der Waals surface area contributed by atoms with Gasteiger partial charge in [-0.25, -0.2) is 0 Å². The van der Waals surface area contributed by atoms with Crippen molar-refractivity contribution in [2.75, 3.05) is 14.2 Å². The van der Waals surface area contributed by atoms with E-state index in [0.29, 0.717) is 11.5 Å². The van der Waals surface area contributed by atoms with E-state index in [-0.39, 0.29) is 12.4 Å². The molecule has 1 aromatic carbocycles. The van der Waals surface area contributed by atoms with Crippen molar-refractivity contribution in [3.8, 4) is 11.5 Å². The topological polar surface area (TPSA) is 43.7 Å². The smallest absolute Gasteiger partial charge is 0.162 e. The first-order chi connectivity index (χ1) is 8.83. The van der Waals surface area contributed by atoms with Crippen LogP contribution in [-0.4, -0.2) is 25.4 Å². The number of ether oxygens (including phenoxy) is 2. The van der Waals surface area contributed by atoms with Gasteiger partial charge in [0, 0.05) is 24.7 Å². The van der Waals surface area contributed by atoms with Crippen LogP contribution in [0.1, 0.15) is 5.56 Å². The zero-order valence-electron chi connectivity index (χ0n) is 10.7. The second-order valence-electron chi connectivity index (χ2n) is 3.58. The molecule has 0 saturated heterocycles. The van der Waals surface area contributed by atoms with Gasteiger partial charge < -0.3 is 9.47 Å². The van der Waals surface area contributed by atoms with Gasteiger partial charge in [-0.05, 0) is 29.8 Å². The fourth-order valence-electron chi connectivity index (χ4n) is 1.50.